The summed E-state index contributed by atoms with van der Waals surface area (Å²) in [5.74, 6) is -0.433. The second-order valence-electron chi connectivity index (χ2n) is 5.79. The molecule has 1 aliphatic carbocycles. The number of carbonyl (C=O) groups excluding carboxylic acids is 1. The smallest absolute Gasteiger partial charge is 0.263 e. The summed E-state index contributed by atoms with van der Waals surface area (Å²) < 4.78 is 25.3. The zero-order valence-electron chi connectivity index (χ0n) is 13.5. The summed E-state index contributed by atoms with van der Waals surface area (Å²) in [6, 6.07) is 7.72. The number of anilines is 1. The highest BCUT2D eigenvalue weighted by Crippen LogP contribution is 2.20. The summed E-state index contributed by atoms with van der Waals surface area (Å²) in [6.07, 6.45) is 6.25. The van der Waals surface area contributed by atoms with Gasteiger partial charge in [0.1, 0.15) is 6.04 Å². The summed E-state index contributed by atoms with van der Waals surface area (Å²) in [5.41, 5.74) is 3.95. The number of para-hydroxylation sites is 1. The molecule has 126 valence electrons. The molecule has 0 unspecified atom stereocenters. The van der Waals surface area contributed by atoms with Crippen LogP contribution in [-0.4, -0.2) is 32.3 Å². The lowest BCUT2D eigenvalue weighted by molar-refractivity contribution is -0.121. The molecule has 1 aliphatic rings. The van der Waals surface area contributed by atoms with Crippen molar-refractivity contribution in [3.8, 4) is 0 Å². The van der Waals surface area contributed by atoms with E-state index >= 15 is 0 Å². The Morgan fingerprint density at radius 3 is 2.35 bits per heavy atom. The molecule has 1 amide bonds. The molecule has 0 saturated heterocycles. The number of benzene rings is 1. The monoisotopic (exact) mass is 337 g/mol. The van der Waals surface area contributed by atoms with Crippen LogP contribution in [0.4, 0.5) is 5.69 Å². The Morgan fingerprint density at radius 2 is 1.78 bits per heavy atom. The molecule has 0 bridgehead atoms. The fraction of sp³-hybridized carbons (Fsp3) is 0.500. The Morgan fingerprint density at radius 1 is 1.17 bits per heavy atom. The van der Waals surface area contributed by atoms with E-state index in [1.807, 2.05) is 0 Å². The molecular weight excluding hydrogens is 314 g/mol. The first-order valence-corrected chi connectivity index (χ1v) is 9.64. The van der Waals surface area contributed by atoms with Crippen molar-refractivity contribution < 1.29 is 13.2 Å². The van der Waals surface area contributed by atoms with Crippen molar-refractivity contribution in [1.29, 1.82) is 0 Å². The van der Waals surface area contributed by atoms with E-state index in [2.05, 4.69) is 10.5 Å². The van der Waals surface area contributed by atoms with E-state index in [1.54, 1.807) is 37.3 Å². The Hall–Kier alpha value is -1.89. The summed E-state index contributed by atoms with van der Waals surface area (Å²) in [4.78, 5) is 12.3. The highest BCUT2D eigenvalue weighted by molar-refractivity contribution is 7.92. The van der Waals surface area contributed by atoms with Gasteiger partial charge >= 0.3 is 0 Å². The van der Waals surface area contributed by atoms with E-state index in [4.69, 9.17) is 0 Å². The molecule has 2 rings (SSSR count). The first-order valence-electron chi connectivity index (χ1n) is 7.79. The van der Waals surface area contributed by atoms with E-state index < -0.39 is 22.0 Å². The van der Waals surface area contributed by atoms with Crippen LogP contribution in [-0.2, 0) is 14.8 Å². The third kappa shape index (κ3) is 4.79. The Balaban J connectivity index is 2.14. The SMILES string of the molecule is C[C@H](C(=O)NN=C1CCCCC1)N(c1ccccc1)S(C)(=O)=O. The quantitative estimate of drug-likeness (QED) is 0.837. The van der Waals surface area contributed by atoms with Gasteiger partial charge in [-0.25, -0.2) is 13.8 Å². The maximum atomic E-state index is 12.3. The lowest BCUT2D eigenvalue weighted by Crippen LogP contribution is -2.47. The minimum Gasteiger partial charge on any atom is -0.271 e. The normalized spacial score (nSPS) is 16.5. The van der Waals surface area contributed by atoms with E-state index in [0.717, 1.165) is 42.0 Å². The van der Waals surface area contributed by atoms with Gasteiger partial charge in [-0.1, -0.05) is 24.6 Å². The third-order valence-corrected chi connectivity index (χ3v) is 5.10. The van der Waals surface area contributed by atoms with Gasteiger partial charge in [-0.2, -0.15) is 5.10 Å². The second-order valence-corrected chi connectivity index (χ2v) is 7.64. The van der Waals surface area contributed by atoms with E-state index in [1.165, 1.54) is 6.42 Å². The maximum absolute atomic E-state index is 12.3. The summed E-state index contributed by atoms with van der Waals surface area (Å²) >= 11 is 0. The first kappa shape index (κ1) is 17.5. The van der Waals surface area contributed by atoms with Crippen LogP contribution in [0.2, 0.25) is 0 Å². The lowest BCUT2D eigenvalue weighted by Gasteiger charge is -2.27. The van der Waals surface area contributed by atoms with Crippen molar-refractivity contribution in [3.05, 3.63) is 30.3 Å². The van der Waals surface area contributed by atoms with Crippen LogP contribution >= 0.6 is 0 Å². The van der Waals surface area contributed by atoms with Crippen molar-refractivity contribution in [2.75, 3.05) is 10.6 Å². The minimum absolute atomic E-state index is 0.433. The van der Waals surface area contributed by atoms with E-state index in [0.29, 0.717) is 5.69 Å². The Kier molecular flexibility index (Phi) is 5.76. The number of rotatable bonds is 5. The molecule has 0 aromatic heterocycles. The lowest BCUT2D eigenvalue weighted by atomic mass is 9.99. The van der Waals surface area contributed by atoms with Gasteiger partial charge < -0.3 is 0 Å². The van der Waals surface area contributed by atoms with Gasteiger partial charge in [0.25, 0.3) is 5.91 Å². The predicted octanol–water partition coefficient (Wildman–Crippen LogP) is 2.28. The standard InChI is InChI=1S/C16H23N3O3S/c1-13(16(20)18-17-14-9-5-3-6-10-14)19(23(2,21)22)15-11-7-4-8-12-15/h4,7-8,11-13H,3,5-6,9-10H2,1-2H3,(H,18,20)/t13-/m1/s1. The molecule has 23 heavy (non-hydrogen) atoms. The van der Waals surface area contributed by atoms with E-state index in [9.17, 15) is 13.2 Å². The van der Waals surface area contributed by atoms with Gasteiger partial charge in [0.2, 0.25) is 10.0 Å². The molecule has 1 fully saturated rings. The molecule has 1 N–H and O–H groups in total. The van der Waals surface area contributed by atoms with Crippen molar-refractivity contribution in [2.24, 2.45) is 5.10 Å². The van der Waals surface area contributed by atoms with Crippen molar-refractivity contribution in [3.63, 3.8) is 0 Å². The molecule has 0 aliphatic heterocycles. The molecule has 1 saturated carbocycles. The van der Waals surface area contributed by atoms with Crippen LogP contribution in [0, 0.1) is 0 Å². The molecule has 6 nitrogen and oxygen atoms in total. The molecule has 1 aromatic carbocycles. The number of carbonyl (C=O) groups is 1. The van der Waals surface area contributed by atoms with Crippen molar-refractivity contribution in [1.82, 2.24) is 5.43 Å². The van der Waals surface area contributed by atoms with Crippen LogP contribution in [0.3, 0.4) is 0 Å². The Labute approximate surface area is 137 Å². The summed E-state index contributed by atoms with van der Waals surface area (Å²) in [6.45, 7) is 1.56. The molecule has 0 radical (unpaired) electrons. The topological polar surface area (TPSA) is 78.8 Å². The highest BCUT2D eigenvalue weighted by Gasteiger charge is 2.29. The van der Waals surface area contributed by atoms with Crippen LogP contribution in [0.1, 0.15) is 39.0 Å². The minimum atomic E-state index is -3.58. The molecule has 0 heterocycles. The van der Waals surface area contributed by atoms with Gasteiger partial charge in [0, 0.05) is 5.71 Å². The van der Waals surface area contributed by atoms with Gasteiger partial charge in [0.05, 0.1) is 11.9 Å². The van der Waals surface area contributed by atoms with Gasteiger partial charge in [0.15, 0.2) is 0 Å². The number of nitrogens with zero attached hydrogens (tertiary/aromatic N) is 2. The summed E-state index contributed by atoms with van der Waals surface area (Å²) in [7, 11) is -3.58. The number of hydrogen-bond acceptors (Lipinski definition) is 4. The second kappa shape index (κ2) is 7.59. The fourth-order valence-electron chi connectivity index (χ4n) is 2.68. The van der Waals surface area contributed by atoms with Crippen LogP contribution < -0.4 is 9.73 Å². The average molecular weight is 337 g/mol. The van der Waals surface area contributed by atoms with E-state index in [-0.39, 0.29) is 0 Å². The van der Waals surface area contributed by atoms with Gasteiger partial charge in [-0.05, 0) is 44.7 Å². The third-order valence-electron chi connectivity index (χ3n) is 3.85. The number of amides is 1. The van der Waals surface area contributed by atoms with Crippen LogP contribution in [0.25, 0.3) is 0 Å². The largest absolute Gasteiger partial charge is 0.271 e. The zero-order valence-corrected chi connectivity index (χ0v) is 14.3. The van der Waals surface area contributed by atoms with Crippen LogP contribution in [0.15, 0.2) is 35.4 Å². The average Bonchev–Trinajstić information content (AvgIpc) is 2.53. The number of nitrogens with one attached hydrogen (secondary N) is 1. The summed E-state index contributed by atoms with van der Waals surface area (Å²) in [5, 5.41) is 4.16. The molecule has 0 spiro atoms. The number of sulfonamides is 1. The molecular formula is C16H23N3O3S. The van der Waals surface area contributed by atoms with Gasteiger partial charge in [-0.3, -0.25) is 9.10 Å². The highest BCUT2D eigenvalue weighted by atomic mass is 32.2. The maximum Gasteiger partial charge on any atom is 0.263 e. The molecule has 7 heteroatoms. The molecule has 1 atom stereocenters. The zero-order chi connectivity index (χ0) is 16.9. The number of hydrazone groups is 1. The Bertz CT molecular complexity index is 663. The van der Waals surface area contributed by atoms with Crippen molar-refractivity contribution >= 4 is 27.3 Å². The van der Waals surface area contributed by atoms with Crippen LogP contribution in [0.5, 0.6) is 0 Å². The number of hydrogen-bond donors (Lipinski definition) is 1. The van der Waals surface area contributed by atoms with Crippen molar-refractivity contribution in [2.45, 2.75) is 45.1 Å². The first-order chi connectivity index (χ1) is 10.9. The molecule has 1 aromatic rings. The predicted molar refractivity (Wildman–Crippen MR) is 91.9 cm³/mol. The van der Waals surface area contributed by atoms with Gasteiger partial charge in [-0.15, -0.1) is 0 Å². The fourth-order valence-corrected chi connectivity index (χ4v) is 3.86.